The molecule has 0 aliphatic heterocycles. The fourth-order valence-corrected chi connectivity index (χ4v) is 7.23. The Morgan fingerprint density at radius 3 is 1.45 bits per heavy atom. The molecule has 0 atom stereocenters. The van der Waals surface area contributed by atoms with Crippen LogP contribution in [0.25, 0.3) is 0 Å². The highest BCUT2D eigenvalue weighted by Crippen LogP contribution is 2.35. The van der Waals surface area contributed by atoms with Gasteiger partial charge < -0.3 is 0 Å². The Bertz CT molecular complexity index is 680. The molecule has 13 heteroatoms. The number of alkyl halides is 6. The largest absolute Gasteiger partial charge is 0.498 e. The van der Waals surface area contributed by atoms with Crippen molar-refractivity contribution < 1.29 is 43.2 Å². The number of benzene rings is 1. The Morgan fingerprint density at radius 1 is 0.773 bits per heavy atom. The highest BCUT2D eigenvalue weighted by Gasteiger charge is 2.62. The van der Waals surface area contributed by atoms with Crippen LogP contribution in [0.1, 0.15) is 0 Å². The van der Waals surface area contributed by atoms with Gasteiger partial charge in [-0.25, -0.2) is 16.8 Å². The second-order valence-electron chi connectivity index (χ2n) is 3.82. The third-order valence-corrected chi connectivity index (χ3v) is 9.68. The Morgan fingerprint density at radius 2 is 1.14 bits per heavy atom. The predicted molar refractivity (Wildman–Crippen MR) is 65.6 cm³/mol. The van der Waals surface area contributed by atoms with E-state index >= 15 is 0 Å². The monoisotopic (exact) mass is 384 g/mol. The minimum Gasteiger partial charge on any atom is -0.219 e. The molecule has 1 rings (SSSR count). The quantitative estimate of drug-likeness (QED) is 0.577. The number of sulfone groups is 2. The van der Waals surface area contributed by atoms with Crippen LogP contribution in [0.2, 0.25) is 0 Å². The minimum absolute atomic E-state index is 0.270. The van der Waals surface area contributed by atoms with Crippen LogP contribution < -0.4 is 5.19 Å². The molecule has 0 bridgehead atoms. The molecule has 1 aromatic rings. The van der Waals surface area contributed by atoms with Crippen LogP contribution in [-0.4, -0.2) is 41.6 Å². The fraction of sp³-hybridized carbons (Fsp3) is 0.333. The van der Waals surface area contributed by atoms with E-state index in [2.05, 4.69) is 0 Å². The first-order valence-corrected chi connectivity index (χ1v) is 9.30. The summed E-state index contributed by atoms with van der Waals surface area (Å²) in [7, 11) is -14.9. The van der Waals surface area contributed by atoms with Gasteiger partial charge in [0.2, 0.25) is 0 Å². The molecule has 0 amide bonds. The molecular formula is C9H6F6O4S2Si. The van der Waals surface area contributed by atoms with Crippen LogP contribution in [0.4, 0.5) is 26.3 Å². The van der Waals surface area contributed by atoms with Crippen molar-refractivity contribution in [3.05, 3.63) is 30.3 Å². The van der Waals surface area contributed by atoms with Gasteiger partial charge in [0, 0.05) is 0 Å². The maximum Gasteiger partial charge on any atom is 0.498 e. The molecule has 0 saturated heterocycles. The number of hydrogen-bond donors (Lipinski definition) is 0. The van der Waals surface area contributed by atoms with E-state index in [9.17, 15) is 43.2 Å². The molecule has 124 valence electrons. The maximum atomic E-state index is 12.5. The molecule has 1 aromatic carbocycles. The van der Waals surface area contributed by atoms with E-state index in [1.54, 1.807) is 0 Å². The highest BCUT2D eigenvalue weighted by molar-refractivity contribution is 8.11. The summed E-state index contributed by atoms with van der Waals surface area (Å²) in [6.45, 7) is 0. The Kier molecular flexibility index (Phi) is 5.04. The van der Waals surface area contributed by atoms with Crippen molar-refractivity contribution in [1.29, 1.82) is 0 Å². The molecule has 0 unspecified atom stereocenters. The second-order valence-corrected chi connectivity index (χ2v) is 10.5. The standard InChI is InChI=1S/C9H6F6O4S2Si/c10-8(11,12)20(16,17)7(21(18,19)9(13,14)15)22-6-4-2-1-3-5-6/h1-5,7H. The van der Waals surface area contributed by atoms with Crippen molar-refractivity contribution >= 4 is 34.4 Å². The zero-order valence-electron chi connectivity index (χ0n) is 10.2. The van der Waals surface area contributed by atoms with Gasteiger partial charge in [-0.3, -0.25) is 0 Å². The highest BCUT2D eigenvalue weighted by atomic mass is 32.3. The molecule has 0 saturated carbocycles. The van der Waals surface area contributed by atoms with Crippen molar-refractivity contribution in [2.45, 2.75) is 15.2 Å². The molecule has 0 heterocycles. The summed E-state index contributed by atoms with van der Waals surface area (Å²) in [5, 5.41) is -0.270. The summed E-state index contributed by atoms with van der Waals surface area (Å²) in [6.07, 6.45) is 0. The molecule has 0 fully saturated rings. The van der Waals surface area contributed by atoms with E-state index in [0.29, 0.717) is 0 Å². The van der Waals surface area contributed by atoms with Crippen LogP contribution in [0, 0.1) is 0 Å². The van der Waals surface area contributed by atoms with Gasteiger partial charge in [0.05, 0.1) is 0 Å². The molecule has 0 aliphatic rings. The van der Waals surface area contributed by atoms with Crippen molar-refractivity contribution in [1.82, 2.24) is 0 Å². The molecular weight excluding hydrogens is 378 g/mol. The van der Waals surface area contributed by atoms with Crippen molar-refractivity contribution in [3.63, 3.8) is 0 Å². The first-order valence-electron chi connectivity index (χ1n) is 5.13. The molecule has 2 radical (unpaired) electrons. The normalized spacial score (nSPS) is 14.3. The van der Waals surface area contributed by atoms with E-state index in [4.69, 9.17) is 0 Å². The molecule has 0 aromatic heterocycles. The lowest BCUT2D eigenvalue weighted by atomic mass is 10.4. The molecule has 4 nitrogen and oxygen atoms in total. The number of rotatable bonds is 4. The molecule has 22 heavy (non-hydrogen) atoms. The second kappa shape index (κ2) is 5.85. The zero-order chi connectivity index (χ0) is 17.4. The van der Waals surface area contributed by atoms with Gasteiger partial charge in [0.15, 0.2) is 4.21 Å². The third-order valence-electron chi connectivity index (χ3n) is 2.27. The van der Waals surface area contributed by atoms with Crippen molar-refractivity contribution in [2.24, 2.45) is 0 Å². The van der Waals surface area contributed by atoms with Crippen molar-refractivity contribution in [2.75, 3.05) is 0 Å². The van der Waals surface area contributed by atoms with E-state index in [0.717, 1.165) is 12.1 Å². The maximum absolute atomic E-state index is 12.5. The average molecular weight is 384 g/mol. The minimum atomic E-state index is -6.57. The zero-order valence-corrected chi connectivity index (χ0v) is 12.8. The van der Waals surface area contributed by atoms with Gasteiger partial charge in [0.25, 0.3) is 19.7 Å². The summed E-state index contributed by atoms with van der Waals surface area (Å²) in [4.78, 5) is 0. The lowest BCUT2D eigenvalue weighted by molar-refractivity contribution is -0.0462. The van der Waals surface area contributed by atoms with Crippen LogP contribution in [0.3, 0.4) is 0 Å². The van der Waals surface area contributed by atoms with E-state index in [1.165, 1.54) is 18.2 Å². The summed E-state index contributed by atoms with van der Waals surface area (Å²) in [5.41, 5.74) is -12.3. The predicted octanol–water partition coefficient (Wildman–Crippen LogP) is 1.17. The van der Waals surface area contributed by atoms with E-state index < -0.39 is 44.4 Å². The Hall–Kier alpha value is -1.08. The van der Waals surface area contributed by atoms with Gasteiger partial charge in [-0.05, 0) is 0 Å². The molecule has 0 N–H and O–H groups in total. The van der Waals surface area contributed by atoms with Crippen molar-refractivity contribution in [3.8, 4) is 0 Å². The van der Waals surface area contributed by atoms with Crippen LogP contribution in [0.15, 0.2) is 30.3 Å². The van der Waals surface area contributed by atoms with Gasteiger partial charge >= 0.3 is 11.0 Å². The lowest BCUT2D eigenvalue weighted by Gasteiger charge is -2.20. The molecule has 0 aliphatic carbocycles. The molecule has 0 spiro atoms. The van der Waals surface area contributed by atoms with Gasteiger partial charge in [-0.2, -0.15) is 26.3 Å². The van der Waals surface area contributed by atoms with Crippen LogP contribution >= 0.6 is 0 Å². The van der Waals surface area contributed by atoms with E-state index in [-0.39, 0.29) is 5.19 Å². The SMILES string of the molecule is O=S(=O)(C([Si]c1ccccc1)S(=O)(=O)C(F)(F)F)C(F)(F)F. The van der Waals surface area contributed by atoms with Gasteiger partial charge in [-0.15, -0.1) is 0 Å². The first kappa shape index (κ1) is 19.0. The Labute approximate surface area is 123 Å². The van der Waals surface area contributed by atoms with Gasteiger partial charge in [-0.1, -0.05) is 35.5 Å². The first-order chi connectivity index (χ1) is 9.71. The van der Waals surface area contributed by atoms with Gasteiger partial charge in [0.1, 0.15) is 9.52 Å². The smallest absolute Gasteiger partial charge is 0.219 e. The lowest BCUT2D eigenvalue weighted by Crippen LogP contribution is -2.50. The third kappa shape index (κ3) is 3.63. The summed E-state index contributed by atoms with van der Waals surface area (Å²) < 4.78 is 116. The Balaban J connectivity index is 3.49. The fourth-order valence-electron chi connectivity index (χ4n) is 1.24. The summed E-state index contributed by atoms with van der Waals surface area (Å²) in [5.74, 6) is 0. The van der Waals surface area contributed by atoms with Crippen LogP contribution in [-0.2, 0) is 19.7 Å². The van der Waals surface area contributed by atoms with E-state index in [1.807, 2.05) is 0 Å². The average Bonchev–Trinajstić information content (AvgIpc) is 2.34. The summed E-state index contributed by atoms with van der Waals surface area (Å²) in [6, 6.07) is 5.88. The van der Waals surface area contributed by atoms with Crippen LogP contribution in [0.5, 0.6) is 0 Å². The number of hydrogen-bond acceptors (Lipinski definition) is 4. The topological polar surface area (TPSA) is 68.3 Å². The summed E-state index contributed by atoms with van der Waals surface area (Å²) >= 11 is 0. The number of halogens is 6.